The van der Waals surface area contributed by atoms with Gasteiger partial charge < -0.3 is 9.15 Å². The lowest BCUT2D eigenvalue weighted by Gasteiger charge is -2.09. The van der Waals surface area contributed by atoms with Crippen molar-refractivity contribution in [1.29, 1.82) is 0 Å². The van der Waals surface area contributed by atoms with Gasteiger partial charge in [0.1, 0.15) is 22.0 Å². The van der Waals surface area contributed by atoms with Crippen LogP contribution in [-0.4, -0.2) is 22.8 Å². The van der Waals surface area contributed by atoms with Gasteiger partial charge >= 0.3 is 5.97 Å². The van der Waals surface area contributed by atoms with Crippen LogP contribution in [0.3, 0.4) is 0 Å². The van der Waals surface area contributed by atoms with Gasteiger partial charge in [0.05, 0.1) is 18.6 Å². The average Bonchev–Trinajstić information content (AvgIpc) is 3.21. The van der Waals surface area contributed by atoms with Crippen LogP contribution in [0.1, 0.15) is 23.0 Å². The first-order valence-electron chi connectivity index (χ1n) is 8.95. The molecule has 140 valence electrons. The SMILES string of the molecule is CCOC(=O)c1ccoc1CSc1nnc(-c2ccccc2)c2ccccc12. The zero-order chi connectivity index (χ0) is 19.3. The Morgan fingerprint density at radius 2 is 1.75 bits per heavy atom. The number of benzene rings is 2. The molecule has 2 heterocycles. The van der Waals surface area contributed by atoms with Crippen molar-refractivity contribution >= 4 is 28.5 Å². The highest BCUT2D eigenvalue weighted by atomic mass is 32.2. The summed E-state index contributed by atoms with van der Waals surface area (Å²) < 4.78 is 10.6. The Morgan fingerprint density at radius 3 is 2.54 bits per heavy atom. The van der Waals surface area contributed by atoms with Gasteiger partial charge in [0, 0.05) is 16.3 Å². The quantitative estimate of drug-likeness (QED) is 0.326. The van der Waals surface area contributed by atoms with Crippen LogP contribution in [0.15, 0.2) is 76.4 Å². The highest BCUT2D eigenvalue weighted by Gasteiger charge is 2.17. The van der Waals surface area contributed by atoms with E-state index in [-0.39, 0.29) is 5.97 Å². The van der Waals surface area contributed by atoms with E-state index in [4.69, 9.17) is 9.15 Å². The van der Waals surface area contributed by atoms with E-state index in [0.717, 1.165) is 27.1 Å². The molecule has 0 unspecified atom stereocenters. The first-order chi connectivity index (χ1) is 13.8. The van der Waals surface area contributed by atoms with Crippen molar-refractivity contribution in [1.82, 2.24) is 10.2 Å². The fraction of sp³-hybridized carbons (Fsp3) is 0.136. The Kier molecular flexibility index (Phi) is 5.39. The molecule has 0 fully saturated rings. The van der Waals surface area contributed by atoms with E-state index >= 15 is 0 Å². The molecule has 4 aromatic rings. The highest BCUT2D eigenvalue weighted by Crippen LogP contribution is 2.33. The van der Waals surface area contributed by atoms with Crippen LogP contribution >= 0.6 is 11.8 Å². The summed E-state index contributed by atoms with van der Waals surface area (Å²) in [6, 6.07) is 19.7. The van der Waals surface area contributed by atoms with Crippen LogP contribution in [0.5, 0.6) is 0 Å². The summed E-state index contributed by atoms with van der Waals surface area (Å²) in [6.45, 7) is 2.11. The second-order valence-electron chi connectivity index (χ2n) is 6.03. The van der Waals surface area contributed by atoms with Crippen molar-refractivity contribution in [2.45, 2.75) is 17.7 Å². The van der Waals surface area contributed by atoms with Crippen LogP contribution in [0.2, 0.25) is 0 Å². The summed E-state index contributed by atoms with van der Waals surface area (Å²) in [4.78, 5) is 12.0. The molecule has 0 amide bonds. The number of carbonyl (C=O) groups is 1. The van der Waals surface area contributed by atoms with Crippen molar-refractivity contribution in [3.05, 3.63) is 78.3 Å². The van der Waals surface area contributed by atoms with Gasteiger partial charge in [0.2, 0.25) is 0 Å². The number of hydrogen-bond donors (Lipinski definition) is 0. The molecule has 0 radical (unpaired) electrons. The lowest BCUT2D eigenvalue weighted by molar-refractivity contribution is 0.0524. The van der Waals surface area contributed by atoms with Crippen molar-refractivity contribution in [2.24, 2.45) is 0 Å². The normalized spacial score (nSPS) is 10.9. The average molecular weight is 390 g/mol. The Morgan fingerprint density at radius 1 is 1.00 bits per heavy atom. The molecule has 6 heteroatoms. The van der Waals surface area contributed by atoms with Gasteiger partial charge in [-0.25, -0.2) is 4.79 Å². The number of ether oxygens (including phenoxy) is 1. The number of thioether (sulfide) groups is 1. The van der Waals surface area contributed by atoms with Gasteiger partial charge in [-0.1, -0.05) is 66.4 Å². The van der Waals surface area contributed by atoms with E-state index in [9.17, 15) is 4.79 Å². The zero-order valence-corrected chi connectivity index (χ0v) is 16.1. The Bertz CT molecular complexity index is 1110. The molecule has 0 saturated heterocycles. The van der Waals surface area contributed by atoms with Crippen LogP contribution < -0.4 is 0 Å². The van der Waals surface area contributed by atoms with Crippen LogP contribution in [0.4, 0.5) is 0 Å². The standard InChI is InChI=1S/C22H18N2O3S/c1-2-26-22(25)18-12-13-27-19(18)14-28-21-17-11-7-6-10-16(17)20(23-24-21)15-8-4-3-5-9-15/h3-13H,2,14H2,1H3. The molecule has 0 N–H and O–H groups in total. The number of esters is 1. The third kappa shape index (κ3) is 3.64. The fourth-order valence-electron chi connectivity index (χ4n) is 2.97. The number of aromatic nitrogens is 2. The monoisotopic (exact) mass is 390 g/mol. The number of fused-ring (bicyclic) bond motifs is 1. The summed E-state index contributed by atoms with van der Waals surface area (Å²) in [6.07, 6.45) is 1.50. The number of carbonyl (C=O) groups excluding carboxylic acids is 1. The largest absolute Gasteiger partial charge is 0.468 e. The first-order valence-corrected chi connectivity index (χ1v) is 9.93. The molecule has 0 aliphatic carbocycles. The summed E-state index contributed by atoms with van der Waals surface area (Å²) in [5.74, 6) is 0.661. The Labute approximate surface area is 166 Å². The highest BCUT2D eigenvalue weighted by molar-refractivity contribution is 7.98. The molecule has 2 aromatic heterocycles. The predicted molar refractivity (Wildman–Crippen MR) is 109 cm³/mol. The first kappa shape index (κ1) is 18.3. The van der Waals surface area contributed by atoms with Crippen LogP contribution in [0.25, 0.3) is 22.0 Å². The van der Waals surface area contributed by atoms with Crippen molar-refractivity contribution in [3.8, 4) is 11.3 Å². The van der Waals surface area contributed by atoms with Gasteiger partial charge in [-0.05, 0) is 13.0 Å². The van der Waals surface area contributed by atoms with Crippen molar-refractivity contribution in [3.63, 3.8) is 0 Å². The molecule has 28 heavy (non-hydrogen) atoms. The van der Waals surface area contributed by atoms with Gasteiger partial charge in [-0.15, -0.1) is 10.2 Å². The van der Waals surface area contributed by atoms with Gasteiger partial charge in [-0.2, -0.15) is 0 Å². The molecular weight excluding hydrogens is 372 g/mol. The Hall–Kier alpha value is -3.12. The minimum atomic E-state index is -0.373. The smallest absolute Gasteiger partial charge is 0.341 e. The third-order valence-electron chi connectivity index (χ3n) is 4.28. The second-order valence-corrected chi connectivity index (χ2v) is 7.00. The molecule has 0 spiro atoms. The summed E-state index contributed by atoms with van der Waals surface area (Å²) in [5, 5.41) is 11.8. The van der Waals surface area contributed by atoms with Gasteiger partial charge in [0.25, 0.3) is 0 Å². The maximum Gasteiger partial charge on any atom is 0.341 e. The van der Waals surface area contributed by atoms with E-state index in [1.807, 2.05) is 54.6 Å². The number of furan rings is 1. The lowest BCUT2D eigenvalue weighted by atomic mass is 10.1. The minimum Gasteiger partial charge on any atom is -0.468 e. The van der Waals surface area contributed by atoms with Crippen LogP contribution in [-0.2, 0) is 10.5 Å². The maximum absolute atomic E-state index is 12.0. The molecule has 0 aliphatic rings. The van der Waals surface area contributed by atoms with E-state index in [1.54, 1.807) is 13.0 Å². The minimum absolute atomic E-state index is 0.327. The fourth-order valence-corrected chi connectivity index (χ4v) is 3.90. The number of rotatable bonds is 6. The van der Waals surface area contributed by atoms with Gasteiger partial charge in [0.15, 0.2) is 0 Å². The van der Waals surface area contributed by atoms with Crippen molar-refractivity contribution in [2.75, 3.05) is 6.61 Å². The van der Waals surface area contributed by atoms with E-state index in [0.29, 0.717) is 23.7 Å². The topological polar surface area (TPSA) is 65.2 Å². The van der Waals surface area contributed by atoms with Gasteiger partial charge in [-0.3, -0.25) is 0 Å². The zero-order valence-electron chi connectivity index (χ0n) is 15.3. The van der Waals surface area contributed by atoms with E-state index in [1.165, 1.54) is 18.0 Å². The van der Waals surface area contributed by atoms with Crippen LogP contribution in [0, 0.1) is 0 Å². The second kappa shape index (κ2) is 8.27. The molecule has 0 saturated carbocycles. The number of nitrogens with zero attached hydrogens (tertiary/aromatic N) is 2. The maximum atomic E-state index is 12.0. The summed E-state index contributed by atoms with van der Waals surface area (Å²) in [5.41, 5.74) is 2.33. The Balaban J connectivity index is 1.65. The van der Waals surface area contributed by atoms with E-state index in [2.05, 4.69) is 10.2 Å². The number of hydrogen-bond acceptors (Lipinski definition) is 6. The molecular formula is C22H18N2O3S. The molecule has 4 rings (SSSR count). The predicted octanol–water partition coefficient (Wildman–Crippen LogP) is 5.36. The van der Waals surface area contributed by atoms with E-state index < -0.39 is 0 Å². The summed E-state index contributed by atoms with van der Waals surface area (Å²) >= 11 is 1.49. The molecule has 0 aliphatic heterocycles. The summed E-state index contributed by atoms with van der Waals surface area (Å²) in [7, 11) is 0. The lowest BCUT2D eigenvalue weighted by Crippen LogP contribution is -2.05. The molecule has 5 nitrogen and oxygen atoms in total. The van der Waals surface area contributed by atoms with Crippen molar-refractivity contribution < 1.29 is 13.9 Å². The molecule has 2 aromatic carbocycles. The molecule has 0 atom stereocenters. The molecule has 0 bridgehead atoms. The third-order valence-corrected chi connectivity index (χ3v) is 5.26.